The normalized spacial score (nSPS) is 10.0. The second-order valence-corrected chi connectivity index (χ2v) is 4.58. The molecule has 0 aliphatic carbocycles. The van der Waals surface area contributed by atoms with Crippen LogP contribution >= 0.6 is 0 Å². The van der Waals surface area contributed by atoms with Gasteiger partial charge in [-0.25, -0.2) is 0 Å². The molecule has 0 fully saturated rings. The lowest BCUT2D eigenvalue weighted by molar-refractivity contribution is 0.350. The van der Waals surface area contributed by atoms with Crippen molar-refractivity contribution in [3.05, 3.63) is 46.8 Å². The number of aryl methyl sites for hydroxylation is 2. The van der Waals surface area contributed by atoms with E-state index in [1.165, 1.54) is 0 Å². The van der Waals surface area contributed by atoms with Crippen LogP contribution in [-0.2, 0) is 6.54 Å². The van der Waals surface area contributed by atoms with E-state index in [-0.39, 0.29) is 6.61 Å². The maximum atomic E-state index is 8.81. The lowest BCUT2D eigenvalue weighted by Gasteiger charge is -2.08. The maximum Gasteiger partial charge on any atom is 0.134 e. The van der Waals surface area contributed by atoms with Gasteiger partial charge in [-0.15, -0.1) is 0 Å². The molecule has 1 aromatic heterocycles. The predicted octanol–water partition coefficient (Wildman–Crippen LogP) is 1.90. The molecular formula is C16H18N2O2. The molecule has 4 heteroatoms. The number of hydrogen-bond donors (Lipinski definition) is 1. The van der Waals surface area contributed by atoms with Gasteiger partial charge in [-0.1, -0.05) is 17.9 Å². The molecule has 20 heavy (non-hydrogen) atoms. The van der Waals surface area contributed by atoms with Crippen LogP contribution in [0.25, 0.3) is 0 Å². The highest BCUT2D eigenvalue weighted by atomic mass is 16.5. The third-order valence-electron chi connectivity index (χ3n) is 3.00. The number of aliphatic hydroxyl groups excluding tert-OH is 1. The molecule has 2 aromatic rings. The van der Waals surface area contributed by atoms with Crippen LogP contribution in [0.2, 0.25) is 0 Å². The average Bonchev–Trinajstić information content (AvgIpc) is 2.75. The summed E-state index contributed by atoms with van der Waals surface area (Å²) in [6.07, 6.45) is 0. The largest absolute Gasteiger partial charge is 0.495 e. The van der Waals surface area contributed by atoms with E-state index in [4.69, 9.17) is 9.84 Å². The first-order valence-electron chi connectivity index (χ1n) is 6.41. The first-order chi connectivity index (χ1) is 9.63. The molecule has 4 nitrogen and oxygen atoms in total. The van der Waals surface area contributed by atoms with Crippen molar-refractivity contribution in [1.82, 2.24) is 9.78 Å². The Hall–Kier alpha value is -2.25. The molecule has 0 saturated carbocycles. The quantitative estimate of drug-likeness (QED) is 0.867. The summed E-state index contributed by atoms with van der Waals surface area (Å²) < 4.78 is 7.23. The summed E-state index contributed by atoms with van der Waals surface area (Å²) in [6.45, 7) is 4.55. The molecule has 0 radical (unpaired) electrons. The third-order valence-corrected chi connectivity index (χ3v) is 3.00. The van der Waals surface area contributed by atoms with Crippen molar-refractivity contribution in [2.75, 3.05) is 13.7 Å². The third kappa shape index (κ3) is 3.19. The molecule has 0 bridgehead atoms. The fourth-order valence-corrected chi connectivity index (χ4v) is 2.09. The van der Waals surface area contributed by atoms with Crippen LogP contribution in [0.3, 0.4) is 0 Å². The Labute approximate surface area is 119 Å². The van der Waals surface area contributed by atoms with Gasteiger partial charge in [0.2, 0.25) is 0 Å². The molecule has 0 aliphatic heterocycles. The van der Waals surface area contributed by atoms with Crippen molar-refractivity contribution in [3.63, 3.8) is 0 Å². The number of ether oxygens (including phenoxy) is 1. The van der Waals surface area contributed by atoms with Crippen LogP contribution in [0.5, 0.6) is 5.75 Å². The van der Waals surface area contributed by atoms with Crippen LogP contribution < -0.4 is 4.74 Å². The van der Waals surface area contributed by atoms with Gasteiger partial charge in [0.25, 0.3) is 0 Å². The number of benzene rings is 1. The van der Waals surface area contributed by atoms with Crippen molar-refractivity contribution in [2.24, 2.45) is 0 Å². The van der Waals surface area contributed by atoms with Gasteiger partial charge in [-0.3, -0.25) is 4.68 Å². The predicted molar refractivity (Wildman–Crippen MR) is 77.8 cm³/mol. The standard InChI is InChI=1S/C16H18N2O2/c1-12-9-13(2)18(17-12)11-14-6-7-16(20-3)15(10-14)5-4-8-19/h6-7,9-10,19H,8,11H2,1-3H3. The van der Waals surface area contributed by atoms with Gasteiger partial charge in [0.05, 0.1) is 24.9 Å². The lowest BCUT2D eigenvalue weighted by Crippen LogP contribution is -2.04. The molecule has 0 atom stereocenters. The minimum atomic E-state index is -0.162. The number of nitrogens with zero attached hydrogens (tertiary/aromatic N) is 2. The van der Waals surface area contributed by atoms with Crippen LogP contribution in [0.1, 0.15) is 22.5 Å². The van der Waals surface area contributed by atoms with Crippen LogP contribution in [-0.4, -0.2) is 28.6 Å². The van der Waals surface area contributed by atoms with Crippen LogP contribution in [0.15, 0.2) is 24.3 Å². The topological polar surface area (TPSA) is 47.3 Å². The Bertz CT molecular complexity index is 663. The van der Waals surface area contributed by atoms with Crippen molar-refractivity contribution >= 4 is 0 Å². The maximum absolute atomic E-state index is 8.81. The summed E-state index contributed by atoms with van der Waals surface area (Å²) in [5.74, 6) is 6.27. The van der Waals surface area contributed by atoms with Gasteiger partial charge in [0, 0.05) is 5.69 Å². The summed E-state index contributed by atoms with van der Waals surface area (Å²) in [7, 11) is 1.61. The second kappa shape index (κ2) is 6.27. The van der Waals surface area contributed by atoms with E-state index in [0.29, 0.717) is 12.3 Å². The minimum absolute atomic E-state index is 0.162. The Kier molecular flexibility index (Phi) is 4.44. The zero-order valence-electron chi connectivity index (χ0n) is 12.0. The van der Waals surface area contributed by atoms with E-state index in [0.717, 1.165) is 22.5 Å². The lowest BCUT2D eigenvalue weighted by atomic mass is 10.1. The Morgan fingerprint density at radius 2 is 2.10 bits per heavy atom. The highest BCUT2D eigenvalue weighted by Gasteiger charge is 2.05. The van der Waals surface area contributed by atoms with E-state index in [9.17, 15) is 0 Å². The monoisotopic (exact) mass is 270 g/mol. The van der Waals surface area contributed by atoms with Crippen molar-refractivity contribution in [2.45, 2.75) is 20.4 Å². The highest BCUT2D eigenvalue weighted by molar-refractivity contribution is 5.48. The smallest absolute Gasteiger partial charge is 0.134 e. The van der Waals surface area contributed by atoms with E-state index >= 15 is 0 Å². The molecule has 0 unspecified atom stereocenters. The molecule has 0 spiro atoms. The van der Waals surface area contributed by atoms with Gasteiger partial charge < -0.3 is 9.84 Å². The van der Waals surface area contributed by atoms with Crippen LogP contribution in [0, 0.1) is 25.7 Å². The van der Waals surface area contributed by atoms with Gasteiger partial charge in [-0.05, 0) is 37.6 Å². The summed E-state index contributed by atoms with van der Waals surface area (Å²) >= 11 is 0. The molecule has 1 heterocycles. The minimum Gasteiger partial charge on any atom is -0.495 e. The molecule has 1 aromatic carbocycles. The molecule has 0 amide bonds. The fourth-order valence-electron chi connectivity index (χ4n) is 2.09. The first-order valence-corrected chi connectivity index (χ1v) is 6.41. The van der Waals surface area contributed by atoms with Gasteiger partial charge in [0.1, 0.15) is 12.4 Å². The Balaban J connectivity index is 2.31. The number of hydrogen-bond acceptors (Lipinski definition) is 3. The van der Waals surface area contributed by atoms with Crippen molar-refractivity contribution in [3.8, 4) is 17.6 Å². The number of aliphatic hydroxyl groups is 1. The summed E-state index contributed by atoms with van der Waals surface area (Å²) in [4.78, 5) is 0. The Morgan fingerprint density at radius 3 is 2.70 bits per heavy atom. The number of rotatable bonds is 3. The second-order valence-electron chi connectivity index (χ2n) is 4.58. The molecular weight excluding hydrogens is 252 g/mol. The zero-order chi connectivity index (χ0) is 14.5. The van der Waals surface area contributed by atoms with Crippen molar-refractivity contribution < 1.29 is 9.84 Å². The molecule has 104 valence electrons. The number of aromatic nitrogens is 2. The number of methoxy groups -OCH3 is 1. The zero-order valence-corrected chi connectivity index (χ0v) is 12.0. The first kappa shape index (κ1) is 14.2. The van der Waals surface area contributed by atoms with Gasteiger partial charge >= 0.3 is 0 Å². The summed E-state index contributed by atoms with van der Waals surface area (Å²) in [5.41, 5.74) is 4.01. The Morgan fingerprint density at radius 1 is 1.30 bits per heavy atom. The average molecular weight is 270 g/mol. The highest BCUT2D eigenvalue weighted by Crippen LogP contribution is 2.19. The van der Waals surface area contributed by atoms with Crippen LogP contribution in [0.4, 0.5) is 0 Å². The van der Waals surface area contributed by atoms with E-state index in [2.05, 4.69) is 23.0 Å². The van der Waals surface area contributed by atoms with E-state index < -0.39 is 0 Å². The molecule has 0 saturated heterocycles. The molecule has 0 aliphatic rings. The van der Waals surface area contributed by atoms with E-state index in [1.807, 2.05) is 36.7 Å². The summed E-state index contributed by atoms with van der Waals surface area (Å²) in [6, 6.07) is 7.91. The van der Waals surface area contributed by atoms with E-state index in [1.54, 1.807) is 7.11 Å². The van der Waals surface area contributed by atoms with Gasteiger partial charge in [0.15, 0.2) is 0 Å². The van der Waals surface area contributed by atoms with Gasteiger partial charge in [-0.2, -0.15) is 5.10 Å². The fraction of sp³-hybridized carbons (Fsp3) is 0.312. The molecule has 1 N–H and O–H groups in total. The SMILES string of the molecule is COc1ccc(Cn2nc(C)cc2C)cc1C#CCO. The molecule has 2 rings (SSSR count). The summed E-state index contributed by atoms with van der Waals surface area (Å²) in [5, 5.41) is 13.3. The van der Waals surface area contributed by atoms with Crippen molar-refractivity contribution in [1.29, 1.82) is 0 Å².